The van der Waals surface area contributed by atoms with Crippen LogP contribution in [-0.4, -0.2) is 57.9 Å². The van der Waals surface area contributed by atoms with Gasteiger partial charge in [-0.15, -0.1) is 0 Å². The number of amides is 1. The number of nitrogens with one attached hydrogen (secondary N) is 1. The van der Waals surface area contributed by atoms with E-state index in [1.54, 1.807) is 0 Å². The standard InChI is InChI=1S/C12H24N2O3S/c1-14(2)7-3-6-13-12(15)10-11-4-8-18(16,17)9-5-11/h11H,3-10H2,1-2H3,(H,13,15). The molecule has 0 unspecified atom stereocenters. The summed E-state index contributed by atoms with van der Waals surface area (Å²) >= 11 is 0. The largest absolute Gasteiger partial charge is 0.356 e. The van der Waals surface area contributed by atoms with E-state index < -0.39 is 9.84 Å². The van der Waals surface area contributed by atoms with E-state index in [0.717, 1.165) is 13.0 Å². The summed E-state index contributed by atoms with van der Waals surface area (Å²) in [4.78, 5) is 13.7. The number of sulfone groups is 1. The topological polar surface area (TPSA) is 66.5 Å². The Labute approximate surface area is 110 Å². The minimum Gasteiger partial charge on any atom is -0.356 e. The molecular formula is C12H24N2O3S. The second-order valence-corrected chi connectivity index (χ2v) is 7.61. The van der Waals surface area contributed by atoms with Crippen LogP contribution in [-0.2, 0) is 14.6 Å². The van der Waals surface area contributed by atoms with Crippen molar-refractivity contribution in [1.82, 2.24) is 10.2 Å². The van der Waals surface area contributed by atoms with E-state index in [2.05, 4.69) is 10.2 Å². The predicted octanol–water partition coefficient (Wildman–Crippen LogP) is 0.269. The summed E-state index contributed by atoms with van der Waals surface area (Å²) in [7, 11) is 1.19. The van der Waals surface area contributed by atoms with E-state index in [1.165, 1.54) is 0 Å². The summed E-state index contributed by atoms with van der Waals surface area (Å²) in [5, 5.41) is 2.89. The molecule has 0 aliphatic carbocycles. The molecule has 1 aliphatic heterocycles. The first kappa shape index (κ1) is 15.4. The highest BCUT2D eigenvalue weighted by atomic mass is 32.2. The van der Waals surface area contributed by atoms with Crippen molar-refractivity contribution in [3.05, 3.63) is 0 Å². The molecule has 18 heavy (non-hydrogen) atoms. The van der Waals surface area contributed by atoms with Crippen molar-refractivity contribution in [3.8, 4) is 0 Å². The number of hydrogen-bond acceptors (Lipinski definition) is 4. The minimum absolute atomic E-state index is 0.0538. The Morgan fingerprint density at radius 3 is 2.44 bits per heavy atom. The maximum atomic E-state index is 11.6. The third kappa shape index (κ3) is 6.35. The first-order valence-electron chi connectivity index (χ1n) is 6.51. The highest BCUT2D eigenvalue weighted by molar-refractivity contribution is 7.91. The van der Waals surface area contributed by atoms with E-state index in [1.807, 2.05) is 14.1 Å². The van der Waals surface area contributed by atoms with Crippen molar-refractivity contribution >= 4 is 15.7 Å². The molecule has 6 heteroatoms. The molecule has 0 spiro atoms. The van der Waals surface area contributed by atoms with Crippen LogP contribution in [0.1, 0.15) is 25.7 Å². The van der Waals surface area contributed by atoms with Crippen LogP contribution in [0.5, 0.6) is 0 Å². The average molecular weight is 276 g/mol. The van der Waals surface area contributed by atoms with Crippen LogP contribution in [0.4, 0.5) is 0 Å². The fourth-order valence-corrected chi connectivity index (χ4v) is 3.69. The summed E-state index contributed by atoms with van der Waals surface area (Å²) in [6.07, 6.45) is 2.68. The SMILES string of the molecule is CN(C)CCCNC(=O)CC1CCS(=O)(=O)CC1. The predicted molar refractivity (Wildman–Crippen MR) is 72.2 cm³/mol. The van der Waals surface area contributed by atoms with Gasteiger partial charge in [-0.25, -0.2) is 8.42 Å². The van der Waals surface area contributed by atoms with Crippen LogP contribution < -0.4 is 5.32 Å². The van der Waals surface area contributed by atoms with Crippen molar-refractivity contribution in [2.24, 2.45) is 5.92 Å². The van der Waals surface area contributed by atoms with E-state index in [4.69, 9.17) is 0 Å². The fourth-order valence-electron chi connectivity index (χ4n) is 2.10. The van der Waals surface area contributed by atoms with E-state index >= 15 is 0 Å². The van der Waals surface area contributed by atoms with Crippen molar-refractivity contribution in [2.75, 3.05) is 38.7 Å². The van der Waals surface area contributed by atoms with Crippen LogP contribution in [0.2, 0.25) is 0 Å². The van der Waals surface area contributed by atoms with Crippen LogP contribution in [0.15, 0.2) is 0 Å². The normalized spacial score (nSPS) is 19.9. The smallest absolute Gasteiger partial charge is 0.220 e. The van der Waals surface area contributed by atoms with Gasteiger partial charge in [0, 0.05) is 13.0 Å². The zero-order valence-electron chi connectivity index (χ0n) is 11.3. The highest BCUT2D eigenvalue weighted by Crippen LogP contribution is 2.21. The summed E-state index contributed by atoms with van der Waals surface area (Å²) in [5.74, 6) is 0.775. The molecule has 1 N–H and O–H groups in total. The summed E-state index contributed by atoms with van der Waals surface area (Å²) < 4.78 is 22.5. The minimum atomic E-state index is -2.82. The molecule has 0 atom stereocenters. The van der Waals surface area contributed by atoms with Gasteiger partial charge in [0.15, 0.2) is 0 Å². The number of carbonyl (C=O) groups is 1. The molecule has 0 radical (unpaired) electrons. The molecule has 0 bridgehead atoms. The number of hydrogen-bond donors (Lipinski definition) is 1. The molecule has 0 aromatic rings. The third-order valence-electron chi connectivity index (χ3n) is 3.25. The van der Waals surface area contributed by atoms with Crippen molar-refractivity contribution in [1.29, 1.82) is 0 Å². The van der Waals surface area contributed by atoms with Gasteiger partial charge in [-0.2, -0.15) is 0 Å². The lowest BCUT2D eigenvalue weighted by Crippen LogP contribution is -2.31. The van der Waals surface area contributed by atoms with Crippen LogP contribution in [0.3, 0.4) is 0 Å². The van der Waals surface area contributed by atoms with Crippen molar-refractivity contribution < 1.29 is 13.2 Å². The van der Waals surface area contributed by atoms with Gasteiger partial charge in [-0.05, 0) is 45.8 Å². The van der Waals surface area contributed by atoms with Gasteiger partial charge >= 0.3 is 0 Å². The zero-order valence-corrected chi connectivity index (χ0v) is 12.1. The highest BCUT2D eigenvalue weighted by Gasteiger charge is 2.24. The fraction of sp³-hybridized carbons (Fsp3) is 0.917. The second-order valence-electron chi connectivity index (χ2n) is 5.31. The first-order chi connectivity index (χ1) is 8.39. The average Bonchev–Trinajstić information content (AvgIpc) is 2.27. The molecule has 0 saturated carbocycles. The Bertz CT molecular complexity index is 352. The molecule has 1 heterocycles. The van der Waals surface area contributed by atoms with Crippen LogP contribution in [0.25, 0.3) is 0 Å². The molecule has 0 aromatic heterocycles. The van der Waals surface area contributed by atoms with Gasteiger partial charge in [-0.1, -0.05) is 0 Å². The molecule has 1 aliphatic rings. The maximum absolute atomic E-state index is 11.6. The van der Waals surface area contributed by atoms with Gasteiger partial charge in [0.1, 0.15) is 9.84 Å². The molecule has 1 saturated heterocycles. The number of carbonyl (C=O) groups excluding carboxylic acids is 1. The zero-order chi connectivity index (χ0) is 13.6. The molecule has 1 amide bonds. The lowest BCUT2D eigenvalue weighted by Gasteiger charge is -2.21. The van der Waals surface area contributed by atoms with Gasteiger partial charge in [0.05, 0.1) is 11.5 Å². The van der Waals surface area contributed by atoms with Crippen molar-refractivity contribution in [2.45, 2.75) is 25.7 Å². The van der Waals surface area contributed by atoms with Crippen LogP contribution >= 0.6 is 0 Å². The van der Waals surface area contributed by atoms with E-state index in [-0.39, 0.29) is 23.3 Å². The Balaban J connectivity index is 2.13. The molecule has 1 fully saturated rings. The van der Waals surface area contributed by atoms with E-state index in [0.29, 0.717) is 25.8 Å². The van der Waals surface area contributed by atoms with Crippen LogP contribution in [0, 0.1) is 5.92 Å². The quantitative estimate of drug-likeness (QED) is 0.707. The van der Waals surface area contributed by atoms with Gasteiger partial charge in [-0.3, -0.25) is 4.79 Å². The van der Waals surface area contributed by atoms with Gasteiger partial charge in [0.25, 0.3) is 0 Å². The Morgan fingerprint density at radius 2 is 1.89 bits per heavy atom. The van der Waals surface area contributed by atoms with Crippen molar-refractivity contribution in [3.63, 3.8) is 0 Å². The van der Waals surface area contributed by atoms with Gasteiger partial charge in [0.2, 0.25) is 5.91 Å². The lowest BCUT2D eigenvalue weighted by molar-refractivity contribution is -0.122. The second kappa shape index (κ2) is 7.09. The summed E-state index contributed by atoms with van der Waals surface area (Å²) in [5.41, 5.74) is 0. The molecule has 106 valence electrons. The summed E-state index contributed by atoms with van der Waals surface area (Å²) in [6, 6.07) is 0. The monoisotopic (exact) mass is 276 g/mol. The maximum Gasteiger partial charge on any atom is 0.220 e. The number of rotatable bonds is 6. The first-order valence-corrected chi connectivity index (χ1v) is 8.33. The lowest BCUT2D eigenvalue weighted by atomic mass is 9.98. The van der Waals surface area contributed by atoms with Gasteiger partial charge < -0.3 is 10.2 Å². The molecule has 5 nitrogen and oxygen atoms in total. The van der Waals surface area contributed by atoms with E-state index in [9.17, 15) is 13.2 Å². The third-order valence-corrected chi connectivity index (χ3v) is 4.97. The Hall–Kier alpha value is -0.620. The number of nitrogens with zero attached hydrogens (tertiary/aromatic N) is 1. The Kier molecular flexibility index (Phi) is 6.08. The summed E-state index contributed by atoms with van der Waals surface area (Å²) in [6.45, 7) is 1.66. The molecule has 1 rings (SSSR count). The Morgan fingerprint density at radius 1 is 1.28 bits per heavy atom. The molecule has 0 aromatic carbocycles. The molecular weight excluding hydrogens is 252 g/mol.